The van der Waals surface area contributed by atoms with Gasteiger partial charge in [0.05, 0.1) is 10.2 Å². The SMILES string of the molecule is Cc1ccc2nc(Nc3ncnc(N(C)c4ccccc4)c3N)sc2c1. The predicted molar refractivity (Wildman–Crippen MR) is 109 cm³/mol. The van der Waals surface area contributed by atoms with E-state index in [0.29, 0.717) is 17.3 Å². The molecule has 0 saturated carbocycles. The van der Waals surface area contributed by atoms with Crippen molar-refractivity contribution >= 4 is 49.7 Å². The maximum atomic E-state index is 6.34. The van der Waals surface area contributed by atoms with Crippen LogP contribution < -0.4 is 16.0 Å². The first kappa shape index (κ1) is 16.3. The first-order valence-electron chi connectivity index (χ1n) is 8.15. The van der Waals surface area contributed by atoms with Gasteiger partial charge in [-0.1, -0.05) is 35.6 Å². The number of hydrogen-bond donors (Lipinski definition) is 2. The van der Waals surface area contributed by atoms with Gasteiger partial charge in [0.25, 0.3) is 0 Å². The quantitative estimate of drug-likeness (QED) is 0.557. The van der Waals surface area contributed by atoms with E-state index in [1.165, 1.54) is 11.9 Å². The molecule has 4 rings (SSSR count). The Kier molecular flexibility index (Phi) is 4.14. The Morgan fingerprint density at radius 2 is 1.88 bits per heavy atom. The Hall–Kier alpha value is -3.19. The number of nitrogens with two attached hydrogens (primary N) is 1. The highest BCUT2D eigenvalue weighted by atomic mass is 32.1. The lowest BCUT2D eigenvalue weighted by atomic mass is 10.2. The van der Waals surface area contributed by atoms with Gasteiger partial charge in [0, 0.05) is 12.7 Å². The van der Waals surface area contributed by atoms with E-state index in [1.807, 2.05) is 48.3 Å². The van der Waals surface area contributed by atoms with Crippen LogP contribution in [0.5, 0.6) is 0 Å². The molecular formula is C19H18N6S. The number of thiazole rings is 1. The number of fused-ring (bicyclic) bond motifs is 1. The van der Waals surface area contributed by atoms with E-state index >= 15 is 0 Å². The van der Waals surface area contributed by atoms with Gasteiger partial charge in [0.1, 0.15) is 12.0 Å². The summed E-state index contributed by atoms with van der Waals surface area (Å²) in [6.45, 7) is 2.07. The number of rotatable bonds is 4. The number of nitrogens with zero attached hydrogens (tertiary/aromatic N) is 4. The number of para-hydroxylation sites is 1. The van der Waals surface area contributed by atoms with Crippen molar-refractivity contribution in [2.75, 3.05) is 23.0 Å². The van der Waals surface area contributed by atoms with Gasteiger partial charge in [-0.05, 0) is 36.8 Å². The molecule has 2 heterocycles. The molecule has 0 aliphatic rings. The minimum Gasteiger partial charge on any atom is -0.393 e. The van der Waals surface area contributed by atoms with Crippen LogP contribution in [0.2, 0.25) is 0 Å². The Bertz CT molecular complexity index is 1060. The minimum atomic E-state index is 0.481. The van der Waals surface area contributed by atoms with Gasteiger partial charge in [0.2, 0.25) is 0 Å². The standard InChI is InChI=1S/C19H18N6S/c1-12-8-9-14-15(10-12)26-19(23-14)24-17-16(20)18(22-11-21-17)25(2)13-6-4-3-5-7-13/h3-11H,20H2,1-2H3,(H,21,22,23,24). The summed E-state index contributed by atoms with van der Waals surface area (Å²) >= 11 is 1.57. The smallest absolute Gasteiger partial charge is 0.189 e. The third-order valence-corrected chi connectivity index (χ3v) is 5.03. The molecule has 0 radical (unpaired) electrons. The summed E-state index contributed by atoms with van der Waals surface area (Å²) in [5.41, 5.74) is 9.98. The van der Waals surface area contributed by atoms with Crippen LogP contribution in [-0.4, -0.2) is 22.0 Å². The molecule has 0 aliphatic carbocycles. The molecule has 2 aromatic carbocycles. The summed E-state index contributed by atoms with van der Waals surface area (Å²) in [5.74, 6) is 1.19. The van der Waals surface area contributed by atoms with E-state index in [1.54, 1.807) is 11.3 Å². The average Bonchev–Trinajstić information content (AvgIpc) is 3.05. The average molecular weight is 362 g/mol. The molecule has 0 spiro atoms. The van der Waals surface area contributed by atoms with Crippen molar-refractivity contribution in [2.45, 2.75) is 6.92 Å². The highest BCUT2D eigenvalue weighted by molar-refractivity contribution is 7.22. The third kappa shape index (κ3) is 3.04. The second-order valence-corrected chi connectivity index (χ2v) is 7.00. The summed E-state index contributed by atoms with van der Waals surface area (Å²) in [7, 11) is 1.93. The molecule has 0 aliphatic heterocycles. The van der Waals surface area contributed by atoms with Gasteiger partial charge in [-0.2, -0.15) is 0 Å². The Morgan fingerprint density at radius 3 is 2.69 bits per heavy atom. The largest absolute Gasteiger partial charge is 0.393 e. The lowest BCUT2D eigenvalue weighted by Gasteiger charge is -2.20. The van der Waals surface area contributed by atoms with E-state index in [-0.39, 0.29) is 0 Å². The molecule has 0 unspecified atom stereocenters. The van der Waals surface area contributed by atoms with Crippen LogP contribution in [0.15, 0.2) is 54.9 Å². The highest BCUT2D eigenvalue weighted by Gasteiger charge is 2.15. The lowest BCUT2D eigenvalue weighted by molar-refractivity contribution is 1.09. The van der Waals surface area contributed by atoms with Crippen LogP contribution in [0.25, 0.3) is 10.2 Å². The first-order valence-corrected chi connectivity index (χ1v) is 8.97. The van der Waals surface area contributed by atoms with Crippen molar-refractivity contribution in [3.8, 4) is 0 Å². The third-order valence-electron chi connectivity index (χ3n) is 4.09. The summed E-state index contributed by atoms with van der Waals surface area (Å²) in [6, 6.07) is 16.1. The van der Waals surface area contributed by atoms with Crippen LogP contribution in [0, 0.1) is 6.92 Å². The van der Waals surface area contributed by atoms with Gasteiger partial charge >= 0.3 is 0 Å². The van der Waals surface area contributed by atoms with Crippen LogP contribution in [-0.2, 0) is 0 Å². The normalized spacial score (nSPS) is 10.8. The van der Waals surface area contributed by atoms with Crippen LogP contribution in [0.1, 0.15) is 5.56 Å². The van der Waals surface area contributed by atoms with Crippen molar-refractivity contribution in [1.29, 1.82) is 0 Å². The van der Waals surface area contributed by atoms with Crippen molar-refractivity contribution in [1.82, 2.24) is 15.0 Å². The van der Waals surface area contributed by atoms with Crippen molar-refractivity contribution in [3.63, 3.8) is 0 Å². The lowest BCUT2D eigenvalue weighted by Crippen LogP contribution is -2.14. The highest BCUT2D eigenvalue weighted by Crippen LogP contribution is 2.34. The molecule has 130 valence electrons. The fourth-order valence-electron chi connectivity index (χ4n) is 2.71. The second-order valence-electron chi connectivity index (χ2n) is 5.97. The molecular weight excluding hydrogens is 344 g/mol. The molecule has 0 bridgehead atoms. The number of anilines is 5. The molecule has 2 aromatic heterocycles. The molecule has 3 N–H and O–H groups in total. The number of nitrogen functional groups attached to an aromatic ring is 1. The van der Waals surface area contributed by atoms with E-state index in [2.05, 4.69) is 39.3 Å². The van der Waals surface area contributed by atoms with Gasteiger partial charge in [-0.3, -0.25) is 0 Å². The van der Waals surface area contributed by atoms with Crippen LogP contribution in [0.4, 0.5) is 28.1 Å². The topological polar surface area (TPSA) is 80.0 Å². The van der Waals surface area contributed by atoms with Crippen molar-refractivity contribution < 1.29 is 0 Å². The zero-order valence-corrected chi connectivity index (χ0v) is 15.3. The molecule has 0 saturated heterocycles. The molecule has 4 aromatic rings. The Balaban J connectivity index is 1.66. The maximum Gasteiger partial charge on any atom is 0.189 e. The van der Waals surface area contributed by atoms with E-state index in [4.69, 9.17) is 5.73 Å². The van der Waals surface area contributed by atoms with Gasteiger partial charge in [0.15, 0.2) is 16.8 Å². The minimum absolute atomic E-state index is 0.481. The number of benzene rings is 2. The Morgan fingerprint density at radius 1 is 1.08 bits per heavy atom. The van der Waals surface area contributed by atoms with Crippen molar-refractivity contribution in [2.24, 2.45) is 0 Å². The van der Waals surface area contributed by atoms with Gasteiger partial charge in [-0.15, -0.1) is 0 Å². The first-order chi connectivity index (χ1) is 12.6. The summed E-state index contributed by atoms with van der Waals surface area (Å²) in [6.07, 6.45) is 1.50. The van der Waals surface area contributed by atoms with E-state index in [9.17, 15) is 0 Å². The molecule has 0 amide bonds. The molecule has 7 heteroatoms. The maximum absolute atomic E-state index is 6.34. The number of aryl methyl sites for hydroxylation is 1. The molecule has 26 heavy (non-hydrogen) atoms. The monoisotopic (exact) mass is 362 g/mol. The van der Waals surface area contributed by atoms with E-state index < -0.39 is 0 Å². The fourth-order valence-corrected chi connectivity index (χ4v) is 3.68. The van der Waals surface area contributed by atoms with Crippen LogP contribution in [0.3, 0.4) is 0 Å². The van der Waals surface area contributed by atoms with Gasteiger partial charge < -0.3 is 16.0 Å². The Labute approximate surface area is 155 Å². The predicted octanol–water partition coefficient (Wildman–Crippen LogP) is 4.49. The summed E-state index contributed by atoms with van der Waals surface area (Å²) in [5, 5.41) is 3.99. The number of nitrogens with one attached hydrogen (secondary N) is 1. The zero-order valence-electron chi connectivity index (χ0n) is 14.5. The van der Waals surface area contributed by atoms with Crippen LogP contribution >= 0.6 is 11.3 Å². The fraction of sp³-hybridized carbons (Fsp3) is 0.105. The zero-order chi connectivity index (χ0) is 18.1. The molecule has 0 atom stereocenters. The molecule has 6 nitrogen and oxygen atoms in total. The second kappa shape index (κ2) is 6.61. The van der Waals surface area contributed by atoms with Gasteiger partial charge in [-0.25, -0.2) is 15.0 Å². The van der Waals surface area contributed by atoms with E-state index in [0.717, 1.165) is 21.0 Å². The molecule has 0 fully saturated rings. The summed E-state index contributed by atoms with van der Waals surface area (Å²) in [4.78, 5) is 15.2. The number of hydrogen-bond acceptors (Lipinski definition) is 7. The van der Waals surface area contributed by atoms with Crippen molar-refractivity contribution in [3.05, 3.63) is 60.4 Å². The number of aromatic nitrogens is 3. The summed E-state index contributed by atoms with van der Waals surface area (Å²) < 4.78 is 1.13.